The number of hydrogen-bond donors (Lipinski definition) is 1. The zero-order valence-corrected chi connectivity index (χ0v) is 17.5. The van der Waals surface area contributed by atoms with Crippen LogP contribution in [0.5, 0.6) is 0 Å². The predicted molar refractivity (Wildman–Crippen MR) is 107 cm³/mol. The highest BCUT2D eigenvalue weighted by Gasteiger charge is 2.31. The summed E-state index contributed by atoms with van der Waals surface area (Å²) in [6, 6.07) is 8.53. The number of aryl methyl sites for hydroxylation is 2. The quantitative estimate of drug-likeness (QED) is 0.686. The van der Waals surface area contributed by atoms with Gasteiger partial charge in [-0.3, -0.25) is 4.98 Å². The highest BCUT2D eigenvalue weighted by atomic mass is 32.2. The standard InChI is InChI=1S/C19H26N2O4S2/c1-4-5-11-26(22,23)21-14-19(17-7-6-10-20-13-17)27(24,25)18-12-15(2)8-9-16(18)3/h6-10,12-13,19,21H,4-5,11,14H2,1-3H3/t19-/m1/s1. The zero-order valence-electron chi connectivity index (χ0n) is 15.8. The molecule has 2 rings (SSSR count). The second-order valence-electron chi connectivity index (χ2n) is 6.61. The van der Waals surface area contributed by atoms with Gasteiger partial charge in [0.2, 0.25) is 10.0 Å². The number of hydrogen-bond acceptors (Lipinski definition) is 5. The van der Waals surface area contributed by atoms with Crippen LogP contribution >= 0.6 is 0 Å². The molecule has 0 amide bonds. The van der Waals surface area contributed by atoms with Gasteiger partial charge in [-0.1, -0.05) is 31.5 Å². The van der Waals surface area contributed by atoms with Crippen LogP contribution in [-0.4, -0.2) is 34.1 Å². The number of benzene rings is 1. The average molecular weight is 411 g/mol. The fourth-order valence-corrected chi connectivity index (χ4v) is 6.06. The monoisotopic (exact) mass is 410 g/mol. The first-order chi connectivity index (χ1) is 12.7. The van der Waals surface area contributed by atoms with Crippen LogP contribution in [0.1, 0.15) is 41.7 Å². The predicted octanol–water partition coefficient (Wildman–Crippen LogP) is 2.93. The smallest absolute Gasteiger partial charge is 0.211 e. The Morgan fingerprint density at radius 1 is 1.11 bits per heavy atom. The topological polar surface area (TPSA) is 93.2 Å². The van der Waals surface area contributed by atoms with Crippen molar-refractivity contribution in [2.24, 2.45) is 0 Å². The van der Waals surface area contributed by atoms with Crippen molar-refractivity contribution >= 4 is 19.9 Å². The maximum atomic E-state index is 13.4. The minimum absolute atomic E-state index is 0.0211. The van der Waals surface area contributed by atoms with Gasteiger partial charge < -0.3 is 0 Å². The largest absolute Gasteiger partial charge is 0.264 e. The molecule has 0 saturated carbocycles. The Labute approximate surface area is 162 Å². The average Bonchev–Trinajstić information content (AvgIpc) is 2.62. The van der Waals surface area contributed by atoms with Gasteiger partial charge in [0.25, 0.3) is 0 Å². The number of sulfonamides is 1. The van der Waals surface area contributed by atoms with Crippen molar-refractivity contribution in [3.8, 4) is 0 Å². The van der Waals surface area contributed by atoms with Gasteiger partial charge in [-0.25, -0.2) is 21.6 Å². The molecule has 148 valence electrons. The molecule has 0 aliphatic rings. The molecule has 0 fully saturated rings. The van der Waals surface area contributed by atoms with E-state index in [1.807, 2.05) is 19.9 Å². The van der Waals surface area contributed by atoms with E-state index < -0.39 is 25.1 Å². The Morgan fingerprint density at radius 2 is 1.85 bits per heavy atom. The molecule has 1 heterocycles. The van der Waals surface area contributed by atoms with Crippen molar-refractivity contribution < 1.29 is 16.8 Å². The molecular weight excluding hydrogens is 384 g/mol. The molecule has 0 saturated heterocycles. The first-order valence-electron chi connectivity index (χ1n) is 8.86. The van der Waals surface area contributed by atoms with Gasteiger partial charge in [-0.15, -0.1) is 0 Å². The maximum Gasteiger partial charge on any atom is 0.211 e. The third kappa shape index (κ3) is 5.60. The van der Waals surface area contributed by atoms with Gasteiger partial charge in [0.1, 0.15) is 5.25 Å². The van der Waals surface area contributed by atoms with Crippen molar-refractivity contribution in [3.05, 3.63) is 59.4 Å². The third-order valence-electron chi connectivity index (χ3n) is 4.34. The molecule has 1 aromatic heterocycles. The number of pyridine rings is 1. The van der Waals surface area contributed by atoms with Crippen LogP contribution in [-0.2, 0) is 19.9 Å². The van der Waals surface area contributed by atoms with Crippen molar-refractivity contribution in [3.63, 3.8) is 0 Å². The third-order valence-corrected chi connectivity index (χ3v) is 8.01. The van der Waals surface area contributed by atoms with E-state index in [0.29, 0.717) is 17.5 Å². The van der Waals surface area contributed by atoms with Crippen molar-refractivity contribution in [2.75, 3.05) is 12.3 Å². The molecule has 6 nitrogen and oxygen atoms in total. The number of aromatic nitrogens is 1. The lowest BCUT2D eigenvalue weighted by Gasteiger charge is -2.20. The molecule has 0 unspecified atom stereocenters. The number of nitrogens with one attached hydrogen (secondary N) is 1. The van der Waals surface area contributed by atoms with Crippen LogP contribution in [0.15, 0.2) is 47.6 Å². The molecule has 0 aliphatic carbocycles. The Balaban J connectivity index is 2.43. The van der Waals surface area contributed by atoms with E-state index in [4.69, 9.17) is 0 Å². The second kappa shape index (κ2) is 8.95. The van der Waals surface area contributed by atoms with Gasteiger partial charge in [0, 0.05) is 18.9 Å². The number of sulfone groups is 1. The summed E-state index contributed by atoms with van der Waals surface area (Å²) in [5.74, 6) is -0.0211. The summed E-state index contributed by atoms with van der Waals surface area (Å²) in [7, 11) is -7.36. The van der Waals surface area contributed by atoms with E-state index in [9.17, 15) is 16.8 Å². The summed E-state index contributed by atoms with van der Waals surface area (Å²) < 4.78 is 53.6. The van der Waals surface area contributed by atoms with Crippen LogP contribution in [0.3, 0.4) is 0 Å². The van der Waals surface area contributed by atoms with Crippen LogP contribution in [0, 0.1) is 13.8 Å². The molecule has 8 heteroatoms. The van der Waals surface area contributed by atoms with E-state index in [2.05, 4.69) is 9.71 Å². The molecule has 2 aromatic rings. The lowest BCUT2D eigenvalue weighted by Crippen LogP contribution is -2.33. The highest BCUT2D eigenvalue weighted by molar-refractivity contribution is 7.92. The molecule has 0 spiro atoms. The van der Waals surface area contributed by atoms with Crippen LogP contribution in [0.25, 0.3) is 0 Å². The fourth-order valence-electron chi connectivity index (χ4n) is 2.75. The summed E-state index contributed by atoms with van der Waals surface area (Å²) in [6.45, 7) is 5.23. The first-order valence-corrected chi connectivity index (χ1v) is 12.1. The summed E-state index contributed by atoms with van der Waals surface area (Å²) in [4.78, 5) is 4.22. The SMILES string of the molecule is CCCCS(=O)(=O)NC[C@H](c1cccnc1)S(=O)(=O)c1cc(C)ccc1C. The molecule has 0 aliphatic heterocycles. The van der Waals surface area contributed by atoms with E-state index in [0.717, 1.165) is 12.0 Å². The molecule has 1 aromatic carbocycles. The number of rotatable bonds is 9. The van der Waals surface area contributed by atoms with Gasteiger partial charge >= 0.3 is 0 Å². The number of nitrogens with zero attached hydrogens (tertiary/aromatic N) is 1. The maximum absolute atomic E-state index is 13.4. The Kier molecular flexibility index (Phi) is 7.13. The summed E-state index contributed by atoms with van der Waals surface area (Å²) >= 11 is 0. The molecular formula is C19H26N2O4S2. The Hall–Kier alpha value is -1.77. The van der Waals surface area contributed by atoms with E-state index >= 15 is 0 Å². The molecule has 0 radical (unpaired) electrons. The van der Waals surface area contributed by atoms with Gasteiger partial charge in [0.15, 0.2) is 9.84 Å². The van der Waals surface area contributed by atoms with E-state index in [-0.39, 0.29) is 17.2 Å². The molecule has 0 bridgehead atoms. The van der Waals surface area contributed by atoms with Crippen LogP contribution < -0.4 is 4.72 Å². The summed E-state index contributed by atoms with van der Waals surface area (Å²) in [5, 5.41) is -1.05. The minimum Gasteiger partial charge on any atom is -0.264 e. The molecule has 27 heavy (non-hydrogen) atoms. The Morgan fingerprint density at radius 3 is 2.48 bits per heavy atom. The van der Waals surface area contributed by atoms with Crippen molar-refractivity contribution in [1.29, 1.82) is 0 Å². The first kappa shape index (κ1) is 21.5. The molecule has 1 N–H and O–H groups in total. The lowest BCUT2D eigenvalue weighted by atomic mass is 10.2. The lowest BCUT2D eigenvalue weighted by molar-refractivity contribution is 0.566. The van der Waals surface area contributed by atoms with Crippen LogP contribution in [0.4, 0.5) is 0 Å². The Bertz CT molecular complexity index is 972. The second-order valence-corrected chi connectivity index (χ2v) is 10.6. The van der Waals surface area contributed by atoms with Gasteiger partial charge in [-0.05, 0) is 49.1 Å². The van der Waals surface area contributed by atoms with E-state index in [1.165, 1.54) is 6.20 Å². The summed E-state index contributed by atoms with van der Waals surface area (Å²) in [6.07, 6.45) is 4.29. The van der Waals surface area contributed by atoms with Gasteiger partial charge in [-0.2, -0.15) is 0 Å². The van der Waals surface area contributed by atoms with Crippen molar-refractivity contribution in [1.82, 2.24) is 9.71 Å². The minimum atomic E-state index is -3.82. The molecule has 1 atom stereocenters. The fraction of sp³-hybridized carbons (Fsp3) is 0.421. The zero-order chi connectivity index (χ0) is 20.1. The summed E-state index contributed by atoms with van der Waals surface area (Å²) in [5.41, 5.74) is 1.91. The van der Waals surface area contributed by atoms with Crippen LogP contribution in [0.2, 0.25) is 0 Å². The number of unbranched alkanes of at least 4 members (excludes halogenated alkanes) is 1. The highest BCUT2D eigenvalue weighted by Crippen LogP contribution is 2.30. The van der Waals surface area contributed by atoms with Gasteiger partial charge in [0.05, 0.1) is 10.6 Å². The van der Waals surface area contributed by atoms with Crippen molar-refractivity contribution in [2.45, 2.75) is 43.8 Å². The normalized spacial score (nSPS) is 13.4. The van der Waals surface area contributed by atoms with E-state index in [1.54, 1.807) is 37.4 Å².